The molecule has 37 heavy (non-hydrogen) atoms. The number of anilines is 1. The number of carbonyl (C=O) groups excluding carboxylic acids is 2. The second-order valence-electron chi connectivity index (χ2n) is 8.24. The maximum Gasteiger partial charge on any atom is 0.415 e. The number of carbonyl (C=O) groups is 2. The fourth-order valence-corrected chi connectivity index (χ4v) is 4.01. The second-order valence-corrected chi connectivity index (χ2v) is 8.24. The summed E-state index contributed by atoms with van der Waals surface area (Å²) >= 11 is 0. The first-order valence-corrected chi connectivity index (χ1v) is 11.6. The van der Waals surface area contributed by atoms with E-state index in [0.29, 0.717) is 35.1 Å². The molecule has 3 aromatic carbocycles. The van der Waals surface area contributed by atoms with E-state index in [-0.39, 0.29) is 12.2 Å². The molecule has 0 aromatic heterocycles. The number of hydrogen-bond acceptors (Lipinski definition) is 8. The van der Waals surface area contributed by atoms with E-state index >= 15 is 0 Å². The zero-order valence-corrected chi connectivity index (χ0v) is 21.6. The first-order valence-electron chi connectivity index (χ1n) is 11.6. The van der Waals surface area contributed by atoms with Crippen LogP contribution in [0.2, 0.25) is 0 Å². The lowest BCUT2D eigenvalue weighted by atomic mass is 9.86. The Hall–Kier alpha value is -4.40. The van der Waals surface area contributed by atoms with Crippen LogP contribution in [-0.2, 0) is 10.3 Å². The van der Waals surface area contributed by atoms with Gasteiger partial charge >= 0.3 is 12.1 Å². The van der Waals surface area contributed by atoms with E-state index < -0.39 is 17.6 Å². The van der Waals surface area contributed by atoms with Gasteiger partial charge in [-0.05, 0) is 48.4 Å². The van der Waals surface area contributed by atoms with Gasteiger partial charge in [0.15, 0.2) is 11.5 Å². The molecule has 1 atom stereocenters. The minimum absolute atomic E-state index is 0.129. The molecule has 3 aromatic rings. The van der Waals surface area contributed by atoms with Crippen molar-refractivity contribution in [3.05, 3.63) is 77.9 Å². The Morgan fingerprint density at radius 3 is 2.00 bits per heavy atom. The van der Waals surface area contributed by atoms with Gasteiger partial charge in [0.2, 0.25) is 5.75 Å². The van der Waals surface area contributed by atoms with Crippen molar-refractivity contribution in [2.45, 2.75) is 18.9 Å². The van der Waals surface area contributed by atoms with Crippen molar-refractivity contribution < 1.29 is 33.3 Å². The van der Waals surface area contributed by atoms with Crippen LogP contribution in [0.5, 0.6) is 23.0 Å². The predicted molar refractivity (Wildman–Crippen MR) is 139 cm³/mol. The normalized spacial score (nSPS) is 12.1. The minimum atomic E-state index is -1.01. The molecule has 196 valence electrons. The molecule has 9 heteroatoms. The number of amides is 1. The van der Waals surface area contributed by atoms with Crippen molar-refractivity contribution in [2.24, 2.45) is 0 Å². The van der Waals surface area contributed by atoms with Crippen molar-refractivity contribution in [3.63, 3.8) is 0 Å². The number of rotatable bonds is 10. The maximum absolute atomic E-state index is 13.2. The van der Waals surface area contributed by atoms with E-state index in [0.717, 1.165) is 5.56 Å². The average Bonchev–Trinajstić information content (AvgIpc) is 2.94. The molecule has 0 fully saturated rings. The molecule has 0 unspecified atom stereocenters. The molecule has 0 saturated carbocycles. The molecule has 0 aliphatic carbocycles. The van der Waals surface area contributed by atoms with Crippen LogP contribution in [0.15, 0.2) is 66.7 Å². The molecule has 1 amide bonds. The van der Waals surface area contributed by atoms with Crippen molar-refractivity contribution in [1.29, 1.82) is 0 Å². The van der Waals surface area contributed by atoms with E-state index in [1.807, 2.05) is 37.3 Å². The summed E-state index contributed by atoms with van der Waals surface area (Å²) in [6.45, 7) is 1.78. The number of nitrogens with two attached hydrogens (primary N) is 1. The smallest absolute Gasteiger partial charge is 0.415 e. The third kappa shape index (κ3) is 5.88. The van der Waals surface area contributed by atoms with Crippen LogP contribution in [0.25, 0.3) is 0 Å². The second kappa shape index (κ2) is 12.0. The highest BCUT2D eigenvalue weighted by atomic mass is 16.6. The van der Waals surface area contributed by atoms with Gasteiger partial charge in [-0.2, -0.15) is 0 Å². The van der Waals surface area contributed by atoms with Gasteiger partial charge in [0.25, 0.3) is 0 Å². The van der Waals surface area contributed by atoms with Gasteiger partial charge in [-0.25, -0.2) is 9.59 Å². The Morgan fingerprint density at radius 1 is 0.892 bits per heavy atom. The standard InChI is InChI=1S/C28H32N2O7/c1-6-28(20-10-8-7-9-11-20,30(2)27(32)37-22-14-12-21(29)13-15-22)18-36-26(31)19-16-23(33-3)25(35-5)24(17-19)34-4/h7-17H,6,18,29H2,1-5H3/t28-/m1/s1. The van der Waals surface area contributed by atoms with Gasteiger partial charge < -0.3 is 29.4 Å². The molecule has 0 bridgehead atoms. The van der Waals surface area contributed by atoms with Crippen molar-refractivity contribution in [3.8, 4) is 23.0 Å². The number of likely N-dealkylation sites (N-methyl/N-ethyl adjacent to an activating group) is 1. The van der Waals surface area contributed by atoms with Crippen molar-refractivity contribution >= 4 is 17.7 Å². The molecule has 0 spiro atoms. The molecular formula is C28H32N2O7. The third-order valence-electron chi connectivity index (χ3n) is 6.24. The summed E-state index contributed by atoms with van der Waals surface area (Å²) in [4.78, 5) is 27.8. The number of ether oxygens (including phenoxy) is 5. The number of nitrogens with zero attached hydrogens (tertiary/aromatic N) is 1. The minimum Gasteiger partial charge on any atom is -0.493 e. The highest BCUT2D eigenvalue weighted by Crippen LogP contribution is 2.39. The van der Waals surface area contributed by atoms with E-state index in [1.165, 1.54) is 38.4 Å². The van der Waals surface area contributed by atoms with Crippen molar-refractivity contribution in [1.82, 2.24) is 4.90 Å². The summed E-state index contributed by atoms with van der Waals surface area (Å²) in [6.07, 6.45) is -0.174. The van der Waals surface area contributed by atoms with E-state index in [2.05, 4.69) is 0 Å². The number of methoxy groups -OCH3 is 3. The van der Waals surface area contributed by atoms with E-state index in [9.17, 15) is 9.59 Å². The van der Waals surface area contributed by atoms with E-state index in [4.69, 9.17) is 29.4 Å². The van der Waals surface area contributed by atoms with Crippen LogP contribution in [0.4, 0.5) is 10.5 Å². The lowest BCUT2D eigenvalue weighted by Gasteiger charge is -2.40. The van der Waals surface area contributed by atoms with Crippen LogP contribution in [0, 0.1) is 0 Å². The Labute approximate surface area is 216 Å². The van der Waals surface area contributed by atoms with Crippen LogP contribution >= 0.6 is 0 Å². The fourth-order valence-electron chi connectivity index (χ4n) is 4.01. The molecule has 3 rings (SSSR count). The van der Waals surface area contributed by atoms with Crippen LogP contribution in [0.1, 0.15) is 29.3 Å². The number of nitrogen functional groups attached to an aromatic ring is 1. The largest absolute Gasteiger partial charge is 0.493 e. The molecule has 0 aliphatic rings. The quantitative estimate of drug-likeness (QED) is 0.305. The molecule has 0 aliphatic heterocycles. The van der Waals surface area contributed by atoms with Gasteiger partial charge in [0.1, 0.15) is 17.9 Å². The summed E-state index contributed by atoms with van der Waals surface area (Å²) in [5, 5.41) is 0. The summed E-state index contributed by atoms with van der Waals surface area (Å²) in [7, 11) is 6.02. The third-order valence-corrected chi connectivity index (χ3v) is 6.24. The highest BCUT2D eigenvalue weighted by molar-refractivity contribution is 5.91. The Bertz CT molecular complexity index is 1190. The molecule has 9 nitrogen and oxygen atoms in total. The Balaban J connectivity index is 1.91. The molecule has 0 saturated heterocycles. The van der Waals surface area contributed by atoms with Gasteiger partial charge in [-0.15, -0.1) is 0 Å². The molecule has 0 heterocycles. The van der Waals surface area contributed by atoms with Gasteiger partial charge in [-0.3, -0.25) is 4.90 Å². The first-order chi connectivity index (χ1) is 17.8. The summed E-state index contributed by atoms with van der Waals surface area (Å²) in [5.41, 5.74) is 6.27. The summed E-state index contributed by atoms with van der Waals surface area (Å²) in [6, 6.07) is 18.9. The first kappa shape index (κ1) is 27.2. The highest BCUT2D eigenvalue weighted by Gasteiger charge is 2.40. The SMILES string of the molecule is CC[C@@](COC(=O)c1cc(OC)c(OC)c(OC)c1)(c1ccccc1)N(C)C(=O)Oc1ccc(N)cc1. The van der Waals surface area contributed by atoms with Gasteiger partial charge in [0, 0.05) is 12.7 Å². The Kier molecular flexibility index (Phi) is 8.84. The summed E-state index contributed by atoms with van der Waals surface area (Å²) in [5.74, 6) is 0.733. The Morgan fingerprint density at radius 2 is 1.49 bits per heavy atom. The fraction of sp³-hybridized carbons (Fsp3) is 0.286. The average molecular weight is 509 g/mol. The zero-order chi connectivity index (χ0) is 27.0. The van der Waals surface area contributed by atoms with Gasteiger partial charge in [-0.1, -0.05) is 37.3 Å². The zero-order valence-electron chi connectivity index (χ0n) is 21.6. The number of hydrogen-bond donors (Lipinski definition) is 1. The number of esters is 1. The topological polar surface area (TPSA) is 110 Å². The lowest BCUT2D eigenvalue weighted by molar-refractivity contribution is 0.00886. The summed E-state index contributed by atoms with van der Waals surface area (Å²) < 4.78 is 27.4. The van der Waals surface area contributed by atoms with Crippen molar-refractivity contribution in [2.75, 3.05) is 40.7 Å². The van der Waals surface area contributed by atoms with Crippen LogP contribution < -0.4 is 24.7 Å². The molecule has 2 N–H and O–H groups in total. The van der Waals surface area contributed by atoms with Gasteiger partial charge in [0.05, 0.1) is 26.9 Å². The maximum atomic E-state index is 13.2. The number of benzene rings is 3. The van der Waals surface area contributed by atoms with E-state index in [1.54, 1.807) is 31.3 Å². The molecule has 0 radical (unpaired) electrons. The lowest BCUT2D eigenvalue weighted by Crippen LogP contribution is -2.51. The monoisotopic (exact) mass is 508 g/mol. The van der Waals surface area contributed by atoms with Crippen LogP contribution in [0.3, 0.4) is 0 Å². The molecular weight excluding hydrogens is 476 g/mol. The van der Waals surface area contributed by atoms with Crippen LogP contribution in [-0.4, -0.2) is 51.9 Å². The predicted octanol–water partition coefficient (Wildman–Crippen LogP) is 4.89.